The first-order chi connectivity index (χ1) is 10.7. The van der Waals surface area contributed by atoms with Crippen LogP contribution >= 0.6 is 11.3 Å². The minimum atomic E-state index is -0.726. The Bertz CT molecular complexity index is 738. The van der Waals surface area contributed by atoms with Gasteiger partial charge in [-0.1, -0.05) is 35.5 Å². The highest BCUT2D eigenvalue weighted by atomic mass is 32.1. The van der Waals surface area contributed by atoms with Crippen molar-refractivity contribution < 1.29 is 14.4 Å². The quantitative estimate of drug-likeness (QED) is 0.759. The number of thiophene rings is 1. The van der Waals surface area contributed by atoms with Crippen molar-refractivity contribution in [1.29, 1.82) is 0 Å². The molecule has 22 heavy (non-hydrogen) atoms. The van der Waals surface area contributed by atoms with Crippen molar-refractivity contribution in [2.24, 2.45) is 0 Å². The van der Waals surface area contributed by atoms with Crippen LogP contribution in [0.3, 0.4) is 0 Å². The molecule has 3 rings (SSSR count). The van der Waals surface area contributed by atoms with Gasteiger partial charge in [-0.05, 0) is 22.4 Å². The lowest BCUT2D eigenvalue weighted by Gasteiger charge is -2.09. The molecule has 6 heteroatoms. The Labute approximate surface area is 131 Å². The van der Waals surface area contributed by atoms with E-state index in [2.05, 4.69) is 10.5 Å². The van der Waals surface area contributed by atoms with Crippen molar-refractivity contribution in [3.8, 4) is 11.3 Å². The zero-order valence-corrected chi connectivity index (χ0v) is 12.4. The second-order valence-electron chi connectivity index (χ2n) is 4.72. The molecule has 0 aliphatic rings. The monoisotopic (exact) mass is 314 g/mol. The van der Waals surface area contributed by atoms with E-state index in [1.54, 1.807) is 6.07 Å². The normalized spacial score (nSPS) is 12.0. The maximum absolute atomic E-state index is 12.0. The second-order valence-corrected chi connectivity index (χ2v) is 5.50. The Balaban J connectivity index is 1.62. The Kier molecular flexibility index (Phi) is 4.32. The van der Waals surface area contributed by atoms with Crippen molar-refractivity contribution >= 4 is 17.2 Å². The number of nitrogens with one attached hydrogen (secondary N) is 1. The highest BCUT2D eigenvalue weighted by Gasteiger charge is 2.15. The van der Waals surface area contributed by atoms with Gasteiger partial charge in [0.2, 0.25) is 0 Å². The molecule has 0 bridgehead atoms. The molecular weight excluding hydrogens is 300 g/mol. The molecule has 0 fully saturated rings. The van der Waals surface area contributed by atoms with Crippen molar-refractivity contribution in [3.63, 3.8) is 0 Å². The molecule has 5 nitrogen and oxygen atoms in total. The van der Waals surface area contributed by atoms with E-state index in [9.17, 15) is 9.90 Å². The van der Waals surface area contributed by atoms with E-state index in [1.165, 1.54) is 11.3 Å². The standard InChI is InChI=1S/C16H14N2O3S/c19-14(12-6-7-22-10-12)9-17-16(20)13-8-15(21-18-13)11-4-2-1-3-5-11/h1-8,10,14,19H,9H2,(H,17,20). The lowest BCUT2D eigenvalue weighted by molar-refractivity contribution is 0.0907. The maximum Gasteiger partial charge on any atom is 0.273 e. The van der Waals surface area contributed by atoms with Crippen molar-refractivity contribution in [3.05, 3.63) is 64.5 Å². The molecule has 0 saturated heterocycles. The van der Waals surface area contributed by atoms with Crippen LogP contribution in [0.1, 0.15) is 22.2 Å². The molecule has 2 aromatic heterocycles. The van der Waals surface area contributed by atoms with E-state index >= 15 is 0 Å². The van der Waals surface area contributed by atoms with Gasteiger partial charge < -0.3 is 14.9 Å². The van der Waals surface area contributed by atoms with E-state index in [4.69, 9.17) is 4.52 Å². The number of carbonyl (C=O) groups is 1. The third kappa shape index (κ3) is 3.24. The molecule has 0 radical (unpaired) electrons. The first kappa shape index (κ1) is 14.5. The zero-order chi connectivity index (χ0) is 15.4. The molecule has 2 N–H and O–H groups in total. The molecule has 0 saturated carbocycles. The van der Waals surface area contributed by atoms with E-state index < -0.39 is 6.10 Å². The number of aromatic nitrogens is 1. The number of hydrogen-bond donors (Lipinski definition) is 2. The molecule has 3 aromatic rings. The minimum absolute atomic E-state index is 0.128. The van der Waals surface area contributed by atoms with Gasteiger partial charge in [0, 0.05) is 18.2 Å². The second kappa shape index (κ2) is 6.55. The maximum atomic E-state index is 12.0. The van der Waals surface area contributed by atoms with Gasteiger partial charge in [-0.2, -0.15) is 11.3 Å². The first-order valence-electron chi connectivity index (χ1n) is 6.74. The average Bonchev–Trinajstić information content (AvgIpc) is 3.24. The number of nitrogens with zero attached hydrogens (tertiary/aromatic N) is 1. The third-order valence-electron chi connectivity index (χ3n) is 3.19. The molecular formula is C16H14N2O3S. The fourth-order valence-electron chi connectivity index (χ4n) is 1.98. The summed E-state index contributed by atoms with van der Waals surface area (Å²) in [6.07, 6.45) is -0.726. The van der Waals surface area contributed by atoms with Crippen LogP contribution in [0, 0.1) is 0 Å². The predicted octanol–water partition coefficient (Wildman–Crippen LogP) is 2.87. The first-order valence-corrected chi connectivity index (χ1v) is 7.69. The molecule has 1 amide bonds. The van der Waals surface area contributed by atoms with Gasteiger partial charge in [-0.3, -0.25) is 4.79 Å². The van der Waals surface area contributed by atoms with Crippen molar-refractivity contribution in [1.82, 2.24) is 10.5 Å². The van der Waals surface area contributed by atoms with Crippen LogP contribution < -0.4 is 5.32 Å². The molecule has 1 aromatic carbocycles. The van der Waals surface area contributed by atoms with Gasteiger partial charge in [-0.25, -0.2) is 0 Å². The van der Waals surface area contributed by atoms with E-state index in [0.29, 0.717) is 5.76 Å². The highest BCUT2D eigenvalue weighted by Crippen LogP contribution is 2.20. The Morgan fingerprint density at radius 3 is 2.86 bits per heavy atom. The van der Waals surface area contributed by atoms with Crippen LogP contribution in [0.5, 0.6) is 0 Å². The van der Waals surface area contributed by atoms with E-state index in [-0.39, 0.29) is 18.1 Å². The Morgan fingerprint density at radius 2 is 2.14 bits per heavy atom. The Hall–Kier alpha value is -2.44. The van der Waals surface area contributed by atoms with Gasteiger partial charge in [0.25, 0.3) is 5.91 Å². The average molecular weight is 314 g/mol. The van der Waals surface area contributed by atoms with Crippen LogP contribution in [0.25, 0.3) is 11.3 Å². The van der Waals surface area contributed by atoms with Crippen LogP contribution in [0.15, 0.2) is 57.7 Å². The summed E-state index contributed by atoms with van der Waals surface area (Å²) in [5.74, 6) is 0.157. The summed E-state index contributed by atoms with van der Waals surface area (Å²) in [4.78, 5) is 12.0. The lowest BCUT2D eigenvalue weighted by Crippen LogP contribution is -2.28. The minimum Gasteiger partial charge on any atom is -0.387 e. The number of rotatable bonds is 5. The fraction of sp³-hybridized carbons (Fsp3) is 0.125. The summed E-state index contributed by atoms with van der Waals surface area (Å²) < 4.78 is 5.18. The molecule has 2 heterocycles. The summed E-state index contributed by atoms with van der Waals surface area (Å²) in [6, 6.07) is 12.8. The van der Waals surface area contributed by atoms with E-state index in [0.717, 1.165) is 11.1 Å². The number of carbonyl (C=O) groups excluding carboxylic acids is 1. The smallest absolute Gasteiger partial charge is 0.273 e. The third-order valence-corrected chi connectivity index (χ3v) is 3.89. The molecule has 112 valence electrons. The van der Waals surface area contributed by atoms with Crippen LogP contribution in [0.2, 0.25) is 0 Å². The predicted molar refractivity (Wildman–Crippen MR) is 83.6 cm³/mol. The van der Waals surface area contributed by atoms with E-state index in [1.807, 2.05) is 47.2 Å². The number of benzene rings is 1. The van der Waals surface area contributed by atoms with Gasteiger partial charge in [0.15, 0.2) is 11.5 Å². The Morgan fingerprint density at radius 1 is 1.32 bits per heavy atom. The molecule has 1 atom stereocenters. The van der Waals surface area contributed by atoms with Crippen LogP contribution in [-0.4, -0.2) is 22.7 Å². The number of aliphatic hydroxyl groups is 1. The van der Waals surface area contributed by atoms with Gasteiger partial charge in [-0.15, -0.1) is 0 Å². The summed E-state index contributed by atoms with van der Waals surface area (Å²) in [5.41, 5.74) is 1.83. The van der Waals surface area contributed by atoms with Gasteiger partial charge in [0.1, 0.15) is 0 Å². The summed E-state index contributed by atoms with van der Waals surface area (Å²) in [5, 5.41) is 20.1. The van der Waals surface area contributed by atoms with Crippen LogP contribution in [0.4, 0.5) is 0 Å². The summed E-state index contributed by atoms with van der Waals surface area (Å²) >= 11 is 1.50. The zero-order valence-electron chi connectivity index (χ0n) is 11.6. The van der Waals surface area contributed by atoms with Gasteiger partial charge >= 0.3 is 0 Å². The lowest BCUT2D eigenvalue weighted by atomic mass is 10.1. The number of amides is 1. The molecule has 0 aliphatic carbocycles. The topological polar surface area (TPSA) is 75.4 Å². The highest BCUT2D eigenvalue weighted by molar-refractivity contribution is 7.07. The van der Waals surface area contributed by atoms with Crippen LogP contribution in [-0.2, 0) is 0 Å². The number of aliphatic hydroxyl groups excluding tert-OH is 1. The largest absolute Gasteiger partial charge is 0.387 e. The summed E-state index contributed by atoms with van der Waals surface area (Å²) in [7, 11) is 0. The van der Waals surface area contributed by atoms with Crippen molar-refractivity contribution in [2.75, 3.05) is 6.54 Å². The molecule has 0 spiro atoms. The van der Waals surface area contributed by atoms with Crippen molar-refractivity contribution in [2.45, 2.75) is 6.10 Å². The summed E-state index contributed by atoms with van der Waals surface area (Å²) in [6.45, 7) is 0.128. The molecule has 0 aliphatic heterocycles. The SMILES string of the molecule is O=C(NCC(O)c1ccsc1)c1cc(-c2ccccc2)on1. The molecule has 1 unspecified atom stereocenters. The van der Waals surface area contributed by atoms with Gasteiger partial charge in [0.05, 0.1) is 6.10 Å². The number of hydrogen-bond acceptors (Lipinski definition) is 5. The fourth-order valence-corrected chi connectivity index (χ4v) is 2.69.